The molecule has 1 fully saturated rings. The average molecular weight is 258 g/mol. The number of hydrogen-bond acceptors (Lipinski definition) is 3. The molecular formula is C16H18O3. The first-order valence-electron chi connectivity index (χ1n) is 6.69. The molecule has 0 bridgehead atoms. The van der Waals surface area contributed by atoms with Crippen molar-refractivity contribution in [3.63, 3.8) is 0 Å². The van der Waals surface area contributed by atoms with Crippen LogP contribution in [0.15, 0.2) is 42.5 Å². The highest BCUT2D eigenvalue weighted by Gasteiger charge is 2.18. The van der Waals surface area contributed by atoms with Crippen LogP contribution in [0.3, 0.4) is 0 Å². The van der Waals surface area contributed by atoms with Gasteiger partial charge in [-0.25, -0.2) is 0 Å². The topological polar surface area (TPSA) is 38.7 Å². The molecule has 1 aliphatic heterocycles. The summed E-state index contributed by atoms with van der Waals surface area (Å²) < 4.78 is 11.0. The van der Waals surface area contributed by atoms with Crippen molar-refractivity contribution >= 4 is 10.8 Å². The number of hydrogen-bond donors (Lipinski definition) is 1. The molecule has 2 aromatic rings. The molecular weight excluding hydrogens is 240 g/mol. The van der Waals surface area contributed by atoms with Gasteiger partial charge in [0.1, 0.15) is 6.10 Å². The third-order valence-electron chi connectivity index (χ3n) is 3.56. The summed E-state index contributed by atoms with van der Waals surface area (Å²) in [5, 5.41) is 12.5. The number of ether oxygens (including phenoxy) is 2. The fraction of sp³-hybridized carbons (Fsp3) is 0.375. The summed E-state index contributed by atoms with van der Waals surface area (Å²) in [6, 6.07) is 14.1. The molecule has 0 amide bonds. The van der Waals surface area contributed by atoms with Crippen molar-refractivity contribution in [3.05, 3.63) is 48.0 Å². The fourth-order valence-electron chi connectivity index (χ4n) is 2.50. The van der Waals surface area contributed by atoms with Crippen molar-refractivity contribution in [1.82, 2.24) is 0 Å². The minimum atomic E-state index is -0.591. The number of rotatable bonds is 4. The van der Waals surface area contributed by atoms with Crippen molar-refractivity contribution in [2.24, 2.45) is 0 Å². The van der Waals surface area contributed by atoms with Crippen molar-refractivity contribution in [1.29, 1.82) is 0 Å². The lowest BCUT2D eigenvalue weighted by atomic mass is 10.0. The van der Waals surface area contributed by atoms with Gasteiger partial charge in [-0.3, -0.25) is 0 Å². The Balaban J connectivity index is 1.75. The van der Waals surface area contributed by atoms with E-state index in [1.807, 2.05) is 30.3 Å². The number of aliphatic hydroxyl groups excluding tert-OH is 1. The van der Waals surface area contributed by atoms with Crippen LogP contribution in [-0.4, -0.2) is 31.0 Å². The van der Waals surface area contributed by atoms with Gasteiger partial charge in [-0.2, -0.15) is 0 Å². The summed E-state index contributed by atoms with van der Waals surface area (Å²) in [7, 11) is 0. The highest BCUT2D eigenvalue weighted by molar-refractivity contribution is 5.85. The predicted octanol–water partition coefficient (Wildman–Crippen LogP) is 2.68. The molecule has 3 heteroatoms. The minimum Gasteiger partial charge on any atom is -0.386 e. The SMILES string of the molecule is OC(COC1CCOC1)c1cccc2ccccc12. The lowest BCUT2D eigenvalue weighted by Gasteiger charge is -2.16. The van der Waals surface area contributed by atoms with Crippen LogP contribution in [0.25, 0.3) is 10.8 Å². The Morgan fingerprint density at radius 2 is 2.05 bits per heavy atom. The third-order valence-corrected chi connectivity index (χ3v) is 3.56. The molecule has 0 spiro atoms. The lowest BCUT2D eigenvalue weighted by Crippen LogP contribution is -2.17. The molecule has 100 valence electrons. The first-order valence-corrected chi connectivity index (χ1v) is 6.69. The normalized spacial score (nSPS) is 20.8. The molecule has 1 heterocycles. The maximum absolute atomic E-state index is 10.3. The van der Waals surface area contributed by atoms with Gasteiger partial charge in [0.2, 0.25) is 0 Å². The van der Waals surface area contributed by atoms with Crippen LogP contribution in [0.4, 0.5) is 0 Å². The Hall–Kier alpha value is -1.42. The van der Waals surface area contributed by atoms with Gasteiger partial charge >= 0.3 is 0 Å². The van der Waals surface area contributed by atoms with E-state index in [0.29, 0.717) is 13.2 Å². The molecule has 19 heavy (non-hydrogen) atoms. The number of aliphatic hydroxyl groups is 1. The van der Waals surface area contributed by atoms with E-state index in [2.05, 4.69) is 12.1 Å². The van der Waals surface area contributed by atoms with E-state index in [4.69, 9.17) is 9.47 Å². The quantitative estimate of drug-likeness (QED) is 0.916. The molecule has 2 unspecified atom stereocenters. The standard InChI is InChI=1S/C16H18O3/c17-16(11-19-13-8-9-18-10-13)15-7-3-5-12-4-1-2-6-14(12)15/h1-7,13,16-17H,8-11H2. The monoisotopic (exact) mass is 258 g/mol. The van der Waals surface area contributed by atoms with E-state index in [-0.39, 0.29) is 6.10 Å². The van der Waals surface area contributed by atoms with Crippen LogP contribution < -0.4 is 0 Å². The molecule has 0 saturated carbocycles. The largest absolute Gasteiger partial charge is 0.386 e. The lowest BCUT2D eigenvalue weighted by molar-refractivity contribution is -0.0126. The van der Waals surface area contributed by atoms with E-state index in [0.717, 1.165) is 29.4 Å². The molecule has 1 saturated heterocycles. The summed E-state index contributed by atoms with van der Waals surface area (Å²) in [6.45, 7) is 1.72. The van der Waals surface area contributed by atoms with Gasteiger partial charge in [0.05, 0.1) is 19.3 Å². The van der Waals surface area contributed by atoms with Crippen LogP contribution in [-0.2, 0) is 9.47 Å². The summed E-state index contributed by atoms with van der Waals surface area (Å²) in [6.07, 6.45) is 0.457. The first-order chi connectivity index (χ1) is 9.34. The molecule has 3 nitrogen and oxygen atoms in total. The second kappa shape index (κ2) is 5.70. The number of fused-ring (bicyclic) bond motifs is 1. The smallest absolute Gasteiger partial charge is 0.103 e. The molecule has 2 atom stereocenters. The van der Waals surface area contributed by atoms with Crippen molar-refractivity contribution in [3.8, 4) is 0 Å². The van der Waals surface area contributed by atoms with Gasteiger partial charge in [-0.05, 0) is 22.8 Å². The Kier molecular flexibility index (Phi) is 3.78. The summed E-state index contributed by atoms with van der Waals surface area (Å²) >= 11 is 0. The summed E-state index contributed by atoms with van der Waals surface area (Å²) in [5.41, 5.74) is 0.928. The molecule has 0 radical (unpaired) electrons. The second-order valence-corrected chi connectivity index (χ2v) is 4.90. The maximum atomic E-state index is 10.3. The van der Waals surface area contributed by atoms with Crippen molar-refractivity contribution in [2.45, 2.75) is 18.6 Å². The molecule has 2 aromatic carbocycles. The Morgan fingerprint density at radius 1 is 1.21 bits per heavy atom. The van der Waals surface area contributed by atoms with Crippen LogP contribution >= 0.6 is 0 Å². The fourth-order valence-corrected chi connectivity index (χ4v) is 2.50. The highest BCUT2D eigenvalue weighted by Crippen LogP contribution is 2.25. The summed E-state index contributed by atoms with van der Waals surface area (Å²) in [4.78, 5) is 0. The van der Waals surface area contributed by atoms with E-state index in [1.165, 1.54) is 0 Å². The van der Waals surface area contributed by atoms with Gasteiger partial charge in [0, 0.05) is 6.61 Å². The zero-order chi connectivity index (χ0) is 13.1. The zero-order valence-corrected chi connectivity index (χ0v) is 10.8. The van der Waals surface area contributed by atoms with E-state index in [9.17, 15) is 5.11 Å². The Labute approximate surface area is 112 Å². The van der Waals surface area contributed by atoms with E-state index >= 15 is 0 Å². The van der Waals surface area contributed by atoms with Crippen molar-refractivity contribution in [2.75, 3.05) is 19.8 Å². The van der Waals surface area contributed by atoms with E-state index < -0.39 is 6.10 Å². The molecule has 1 aliphatic rings. The molecule has 1 N–H and O–H groups in total. The van der Waals surface area contributed by atoms with Crippen LogP contribution in [0.2, 0.25) is 0 Å². The average Bonchev–Trinajstić information content (AvgIpc) is 2.97. The van der Waals surface area contributed by atoms with Gasteiger partial charge in [0.25, 0.3) is 0 Å². The first kappa shape index (κ1) is 12.6. The maximum Gasteiger partial charge on any atom is 0.103 e. The molecule has 0 aromatic heterocycles. The Bertz CT molecular complexity index is 541. The van der Waals surface area contributed by atoms with Crippen LogP contribution in [0.5, 0.6) is 0 Å². The molecule has 3 rings (SSSR count). The Morgan fingerprint density at radius 3 is 2.89 bits per heavy atom. The molecule has 0 aliphatic carbocycles. The van der Waals surface area contributed by atoms with Crippen LogP contribution in [0.1, 0.15) is 18.1 Å². The van der Waals surface area contributed by atoms with Gasteiger partial charge < -0.3 is 14.6 Å². The predicted molar refractivity (Wildman–Crippen MR) is 74.1 cm³/mol. The summed E-state index contributed by atoms with van der Waals surface area (Å²) in [5.74, 6) is 0. The van der Waals surface area contributed by atoms with Crippen molar-refractivity contribution < 1.29 is 14.6 Å². The van der Waals surface area contributed by atoms with E-state index in [1.54, 1.807) is 0 Å². The number of benzene rings is 2. The zero-order valence-electron chi connectivity index (χ0n) is 10.8. The highest BCUT2D eigenvalue weighted by atomic mass is 16.5. The van der Waals surface area contributed by atoms with Gasteiger partial charge in [-0.1, -0.05) is 42.5 Å². The third kappa shape index (κ3) is 2.78. The minimum absolute atomic E-state index is 0.129. The van der Waals surface area contributed by atoms with Crippen LogP contribution in [0, 0.1) is 0 Å². The second-order valence-electron chi connectivity index (χ2n) is 4.90. The van der Waals surface area contributed by atoms with Gasteiger partial charge in [-0.15, -0.1) is 0 Å². The van der Waals surface area contributed by atoms with Gasteiger partial charge in [0.15, 0.2) is 0 Å².